The predicted octanol–water partition coefficient (Wildman–Crippen LogP) is 1.01. The van der Waals surface area contributed by atoms with Crippen LogP contribution in [0.5, 0.6) is 0 Å². The summed E-state index contributed by atoms with van der Waals surface area (Å²) in [5.41, 5.74) is 2.23. The third kappa shape index (κ3) is 5.39. The molecule has 1 aromatic heterocycles. The van der Waals surface area contributed by atoms with Gasteiger partial charge in [-0.3, -0.25) is 9.80 Å². The Balaban J connectivity index is 1.40. The van der Waals surface area contributed by atoms with Crippen LogP contribution < -0.4 is 5.32 Å². The second kappa shape index (κ2) is 9.64. The summed E-state index contributed by atoms with van der Waals surface area (Å²) in [5.74, 6) is 0.934. The number of nitrogens with zero attached hydrogens (tertiary/aromatic N) is 4. The minimum absolute atomic E-state index is 0.845. The molecule has 0 aliphatic carbocycles. The fourth-order valence-corrected chi connectivity index (χ4v) is 3.83. The van der Waals surface area contributed by atoms with Gasteiger partial charge < -0.3 is 19.5 Å². The van der Waals surface area contributed by atoms with Crippen molar-refractivity contribution in [1.82, 2.24) is 25.2 Å². The van der Waals surface area contributed by atoms with Gasteiger partial charge in [-0.05, 0) is 32.5 Å². The molecule has 2 aliphatic rings. The fourth-order valence-electron chi connectivity index (χ4n) is 3.54. The van der Waals surface area contributed by atoms with Gasteiger partial charge in [0.05, 0.1) is 18.9 Å². The van der Waals surface area contributed by atoms with E-state index in [1.54, 1.807) is 0 Å². The normalized spacial score (nSPS) is 20.2. The summed E-state index contributed by atoms with van der Waals surface area (Å²) in [6.45, 7) is 14.6. The Labute approximate surface area is 161 Å². The lowest BCUT2D eigenvalue weighted by Crippen LogP contribution is -2.46. The number of aryl methyl sites for hydroxylation is 2. The summed E-state index contributed by atoms with van der Waals surface area (Å²) in [4.78, 5) is 7.21. The summed E-state index contributed by atoms with van der Waals surface area (Å²) in [6.07, 6.45) is 1.12. The van der Waals surface area contributed by atoms with Crippen LogP contribution in [0, 0.1) is 13.8 Å². The maximum absolute atomic E-state index is 5.63. The number of hydrogen-bond acceptors (Lipinski definition) is 6. The van der Waals surface area contributed by atoms with Gasteiger partial charge in [-0.25, -0.2) is 0 Å². The van der Waals surface area contributed by atoms with Gasteiger partial charge in [-0.15, -0.1) is 0 Å². The molecule has 0 spiro atoms. The zero-order valence-corrected chi connectivity index (χ0v) is 16.8. The number of rotatable bonds is 5. The molecular weight excluding hydrogens is 350 g/mol. The average Bonchev–Trinajstić information content (AvgIpc) is 2.85. The predicted molar refractivity (Wildman–Crippen MR) is 105 cm³/mol. The Morgan fingerprint density at radius 1 is 1.08 bits per heavy atom. The van der Waals surface area contributed by atoms with Gasteiger partial charge in [-0.1, -0.05) is 5.16 Å². The summed E-state index contributed by atoms with van der Waals surface area (Å²) >= 11 is 5.63. The van der Waals surface area contributed by atoms with Gasteiger partial charge in [0.15, 0.2) is 5.11 Å². The highest BCUT2D eigenvalue weighted by Crippen LogP contribution is 2.16. The Bertz CT molecular complexity index is 569. The Kier molecular flexibility index (Phi) is 7.24. The molecular formula is C18H31N5O2S. The van der Waals surface area contributed by atoms with Gasteiger partial charge in [0, 0.05) is 64.5 Å². The van der Waals surface area contributed by atoms with Gasteiger partial charge in [0.25, 0.3) is 0 Å². The molecule has 7 nitrogen and oxygen atoms in total. The lowest BCUT2D eigenvalue weighted by Gasteiger charge is -2.28. The third-order valence-electron chi connectivity index (χ3n) is 5.25. The zero-order valence-electron chi connectivity index (χ0n) is 16.0. The maximum Gasteiger partial charge on any atom is 0.169 e. The monoisotopic (exact) mass is 381 g/mol. The molecule has 0 unspecified atom stereocenters. The van der Waals surface area contributed by atoms with Crippen molar-refractivity contribution >= 4 is 17.3 Å². The molecule has 2 saturated heterocycles. The highest BCUT2D eigenvalue weighted by atomic mass is 32.1. The van der Waals surface area contributed by atoms with E-state index in [1.165, 1.54) is 5.56 Å². The molecule has 3 rings (SSSR count). The Morgan fingerprint density at radius 2 is 1.88 bits per heavy atom. The van der Waals surface area contributed by atoms with Gasteiger partial charge in [-0.2, -0.15) is 0 Å². The first-order valence-electron chi connectivity index (χ1n) is 9.60. The number of aromatic nitrogens is 1. The van der Waals surface area contributed by atoms with Crippen molar-refractivity contribution < 1.29 is 9.26 Å². The third-order valence-corrected chi connectivity index (χ3v) is 5.65. The lowest BCUT2D eigenvalue weighted by molar-refractivity contribution is 0.0389. The molecule has 0 aromatic carbocycles. The molecule has 0 amide bonds. The summed E-state index contributed by atoms with van der Waals surface area (Å²) < 4.78 is 10.7. The molecule has 2 fully saturated rings. The second-order valence-corrected chi connectivity index (χ2v) is 7.49. The van der Waals surface area contributed by atoms with Crippen molar-refractivity contribution in [2.75, 3.05) is 65.6 Å². The van der Waals surface area contributed by atoms with Crippen LogP contribution in [0.25, 0.3) is 0 Å². The number of nitrogens with one attached hydrogen (secondary N) is 1. The fraction of sp³-hybridized carbons (Fsp3) is 0.778. The topological polar surface area (TPSA) is 57.0 Å². The van der Waals surface area contributed by atoms with Crippen LogP contribution in [-0.4, -0.2) is 90.5 Å². The van der Waals surface area contributed by atoms with E-state index in [-0.39, 0.29) is 0 Å². The number of thiocarbonyl (C=S) groups is 1. The second-order valence-electron chi connectivity index (χ2n) is 7.11. The smallest absolute Gasteiger partial charge is 0.169 e. The molecule has 26 heavy (non-hydrogen) atoms. The van der Waals surface area contributed by atoms with Crippen LogP contribution in [0.1, 0.15) is 23.4 Å². The van der Waals surface area contributed by atoms with E-state index >= 15 is 0 Å². The Morgan fingerprint density at radius 3 is 2.62 bits per heavy atom. The van der Waals surface area contributed by atoms with Crippen LogP contribution in [0.4, 0.5) is 0 Å². The average molecular weight is 382 g/mol. The van der Waals surface area contributed by atoms with Crippen molar-refractivity contribution in [3.05, 3.63) is 17.0 Å². The van der Waals surface area contributed by atoms with Crippen molar-refractivity contribution in [2.45, 2.75) is 26.8 Å². The van der Waals surface area contributed by atoms with E-state index < -0.39 is 0 Å². The zero-order chi connectivity index (χ0) is 18.4. The SMILES string of the molecule is Cc1noc(C)c1CN1CCCN(C(=S)NCCN2CCOCC2)CC1. The molecule has 2 aliphatic heterocycles. The molecule has 8 heteroatoms. The molecule has 1 aromatic rings. The lowest BCUT2D eigenvalue weighted by atomic mass is 10.2. The molecule has 0 radical (unpaired) electrons. The number of ether oxygens (including phenoxy) is 1. The summed E-state index contributed by atoms with van der Waals surface area (Å²) in [5, 5.41) is 8.39. The largest absolute Gasteiger partial charge is 0.379 e. The van der Waals surface area contributed by atoms with Crippen molar-refractivity contribution in [3.8, 4) is 0 Å². The van der Waals surface area contributed by atoms with E-state index in [0.29, 0.717) is 0 Å². The molecule has 3 heterocycles. The minimum Gasteiger partial charge on any atom is -0.379 e. The quantitative estimate of drug-likeness (QED) is 0.759. The first-order valence-corrected chi connectivity index (χ1v) is 10.0. The Hall–Kier alpha value is -1.22. The van der Waals surface area contributed by atoms with E-state index in [4.69, 9.17) is 21.5 Å². The van der Waals surface area contributed by atoms with Gasteiger partial charge >= 0.3 is 0 Å². The first kappa shape index (κ1) is 19.5. The van der Waals surface area contributed by atoms with Crippen molar-refractivity contribution in [2.24, 2.45) is 0 Å². The van der Waals surface area contributed by atoms with Gasteiger partial charge in [0.1, 0.15) is 5.76 Å². The van der Waals surface area contributed by atoms with E-state index in [1.807, 2.05) is 13.8 Å². The van der Waals surface area contributed by atoms with Crippen molar-refractivity contribution in [1.29, 1.82) is 0 Å². The molecule has 0 atom stereocenters. The van der Waals surface area contributed by atoms with E-state index in [0.717, 1.165) is 95.1 Å². The number of hydrogen-bond donors (Lipinski definition) is 1. The molecule has 0 saturated carbocycles. The van der Waals surface area contributed by atoms with E-state index in [9.17, 15) is 0 Å². The molecule has 0 bridgehead atoms. The van der Waals surface area contributed by atoms with Gasteiger partial charge in [0.2, 0.25) is 0 Å². The highest BCUT2D eigenvalue weighted by Gasteiger charge is 2.19. The van der Waals surface area contributed by atoms with Crippen molar-refractivity contribution in [3.63, 3.8) is 0 Å². The van der Waals surface area contributed by atoms with Crippen LogP contribution in [-0.2, 0) is 11.3 Å². The summed E-state index contributed by atoms with van der Waals surface area (Å²) in [6, 6.07) is 0. The van der Waals surface area contributed by atoms with E-state index in [2.05, 4.69) is 25.2 Å². The highest BCUT2D eigenvalue weighted by molar-refractivity contribution is 7.80. The van der Waals surface area contributed by atoms with Crippen LogP contribution >= 0.6 is 12.2 Å². The standard InChI is InChI=1S/C18H31N5O2S/c1-15-17(16(2)25-20-15)14-22-5-3-6-23(9-8-22)18(26)19-4-7-21-10-12-24-13-11-21/h3-14H2,1-2H3,(H,19,26). The number of morpholine rings is 1. The summed E-state index contributed by atoms with van der Waals surface area (Å²) in [7, 11) is 0. The van der Waals surface area contributed by atoms with Crippen LogP contribution in [0.2, 0.25) is 0 Å². The first-order chi connectivity index (χ1) is 12.6. The van der Waals surface area contributed by atoms with Crippen LogP contribution in [0.15, 0.2) is 4.52 Å². The molecule has 146 valence electrons. The maximum atomic E-state index is 5.63. The minimum atomic E-state index is 0.845. The molecule has 1 N–H and O–H groups in total. The van der Waals surface area contributed by atoms with Crippen LogP contribution in [0.3, 0.4) is 0 Å².